The number of nitrogens with one attached hydrogen (secondary N) is 2. The van der Waals surface area contributed by atoms with Gasteiger partial charge in [-0.15, -0.1) is 0 Å². The lowest BCUT2D eigenvalue weighted by atomic mass is 9.97. The van der Waals surface area contributed by atoms with Crippen LogP contribution in [-0.2, 0) is 12.8 Å². The number of aromatic nitrogens is 4. The first kappa shape index (κ1) is 29.6. The van der Waals surface area contributed by atoms with Crippen LogP contribution < -0.4 is 0 Å². The van der Waals surface area contributed by atoms with Crippen molar-refractivity contribution < 1.29 is 5.11 Å². The van der Waals surface area contributed by atoms with Crippen molar-refractivity contribution >= 4 is 43.6 Å². The van der Waals surface area contributed by atoms with E-state index in [-0.39, 0.29) is 6.61 Å². The van der Waals surface area contributed by atoms with E-state index in [9.17, 15) is 5.11 Å². The minimum atomic E-state index is 0.170. The molecule has 0 fully saturated rings. The zero-order valence-corrected chi connectivity index (χ0v) is 27.7. The Balaban J connectivity index is 1.52. The van der Waals surface area contributed by atoms with Crippen molar-refractivity contribution in [1.29, 1.82) is 0 Å². The van der Waals surface area contributed by atoms with E-state index in [1.807, 2.05) is 0 Å². The zero-order valence-electron chi connectivity index (χ0n) is 27.7. The van der Waals surface area contributed by atoms with Gasteiger partial charge in [0.1, 0.15) is 0 Å². The van der Waals surface area contributed by atoms with Crippen LogP contribution in [0.1, 0.15) is 43.7 Å². The largest absolute Gasteiger partial charge is 0.396 e. The fourth-order valence-corrected chi connectivity index (χ4v) is 7.87. The Kier molecular flexibility index (Phi) is 7.36. The van der Waals surface area contributed by atoms with Crippen molar-refractivity contribution in [1.82, 2.24) is 19.9 Å². The average molecular weight is 639 g/mol. The van der Waals surface area contributed by atoms with E-state index in [1.54, 1.807) is 0 Å². The van der Waals surface area contributed by atoms with Gasteiger partial charge in [0.2, 0.25) is 0 Å². The van der Waals surface area contributed by atoms with Gasteiger partial charge in [0.15, 0.2) is 0 Å². The summed E-state index contributed by atoms with van der Waals surface area (Å²) < 4.78 is 0. The second kappa shape index (κ2) is 12.2. The Morgan fingerprint density at radius 1 is 0.510 bits per heavy atom. The molecule has 3 N–H and O–H groups in total. The molecule has 0 saturated carbocycles. The molecular formula is C44H38N4O. The van der Waals surface area contributed by atoms with Crippen LogP contribution >= 0.6 is 0 Å². The molecule has 3 aromatic heterocycles. The summed E-state index contributed by atoms with van der Waals surface area (Å²) in [6.45, 7) is 2.42. The number of aromatic amines is 2. The number of benzene rings is 4. The van der Waals surface area contributed by atoms with Crippen LogP contribution in [0.2, 0.25) is 0 Å². The number of aliphatic hydroxyl groups is 1. The number of hydrogen-bond acceptors (Lipinski definition) is 3. The maximum absolute atomic E-state index is 9.77. The van der Waals surface area contributed by atoms with Gasteiger partial charge in [0.05, 0.1) is 33.8 Å². The lowest BCUT2D eigenvalue weighted by Gasteiger charge is -2.06. The van der Waals surface area contributed by atoms with E-state index in [1.165, 1.54) is 32.8 Å². The first-order valence-electron chi connectivity index (χ1n) is 17.6. The molecule has 4 aromatic carbocycles. The summed E-state index contributed by atoms with van der Waals surface area (Å²) in [6.07, 6.45) is 5.47. The summed E-state index contributed by atoms with van der Waals surface area (Å²) in [6, 6.07) is 39.1. The molecule has 0 unspecified atom stereocenters. The second-order valence-electron chi connectivity index (χ2n) is 13.2. The minimum absolute atomic E-state index is 0.170. The van der Waals surface area contributed by atoms with Crippen molar-refractivity contribution in [2.45, 2.75) is 45.4 Å². The second-order valence-corrected chi connectivity index (χ2v) is 13.2. The topological polar surface area (TPSA) is 77.6 Å². The molecule has 2 aliphatic rings. The predicted octanol–water partition coefficient (Wildman–Crippen LogP) is 10.9. The van der Waals surface area contributed by atoms with Gasteiger partial charge >= 0.3 is 0 Å². The number of hydrogen-bond donors (Lipinski definition) is 3. The normalized spacial score (nSPS) is 12.0. The van der Waals surface area contributed by atoms with E-state index >= 15 is 0 Å². The molecule has 2 aliphatic heterocycles. The highest BCUT2D eigenvalue weighted by Crippen LogP contribution is 2.43. The van der Waals surface area contributed by atoms with E-state index < -0.39 is 0 Å². The quantitative estimate of drug-likeness (QED) is 0.152. The standard InChI is InChI=1S/C44H38N4O/c1-2-3-14-35-41-31-19-8-4-15-27(31)37(45-41)25-39-29-17-6-10-21-33(29)43(47-39)36(23-12-13-24-49)44-34-22-11-7-18-30(34)40(48-44)26-38-28-16-5-9-20-32(28)42(35)46-38/h4-11,15-22,25-26,45,48-49H,2-3,12-14,23-24H2,1H3. The molecule has 240 valence electrons. The number of aryl methyl sites for hydroxylation is 2. The lowest BCUT2D eigenvalue weighted by Crippen LogP contribution is -1.93. The van der Waals surface area contributed by atoms with Crippen LogP contribution in [0.5, 0.6) is 0 Å². The predicted molar refractivity (Wildman–Crippen MR) is 204 cm³/mol. The molecule has 49 heavy (non-hydrogen) atoms. The Hall–Kier alpha value is -5.52. The molecule has 8 bridgehead atoms. The van der Waals surface area contributed by atoms with Gasteiger partial charge in [-0.2, -0.15) is 0 Å². The molecule has 0 spiro atoms. The molecule has 0 radical (unpaired) electrons. The molecule has 0 atom stereocenters. The average Bonchev–Trinajstić information content (AvgIpc) is 3.90. The first-order chi connectivity index (χ1) is 24.2. The van der Waals surface area contributed by atoms with Crippen LogP contribution in [0.4, 0.5) is 0 Å². The smallest absolute Gasteiger partial charge is 0.0769 e. The van der Waals surface area contributed by atoms with Gasteiger partial charge in [-0.3, -0.25) is 0 Å². The van der Waals surface area contributed by atoms with Crippen LogP contribution in [0.3, 0.4) is 0 Å². The maximum atomic E-state index is 9.77. The van der Waals surface area contributed by atoms with Crippen LogP contribution in [0.25, 0.3) is 88.6 Å². The summed E-state index contributed by atoms with van der Waals surface area (Å²) in [5.41, 5.74) is 15.3. The van der Waals surface area contributed by atoms with E-state index in [2.05, 4.69) is 126 Å². The van der Waals surface area contributed by atoms with E-state index in [0.29, 0.717) is 0 Å². The van der Waals surface area contributed by atoms with E-state index in [0.717, 1.165) is 105 Å². The fraction of sp³-hybridized carbons (Fsp3) is 0.182. The van der Waals surface area contributed by atoms with Crippen molar-refractivity contribution in [2.75, 3.05) is 6.61 Å². The molecule has 0 amide bonds. The van der Waals surface area contributed by atoms with Crippen molar-refractivity contribution in [3.05, 3.63) is 120 Å². The Labute approximate surface area is 285 Å². The Morgan fingerprint density at radius 2 is 0.939 bits per heavy atom. The number of rotatable bonds is 7. The van der Waals surface area contributed by atoms with E-state index in [4.69, 9.17) is 9.97 Å². The number of unbranched alkanes of at least 4 members (excludes halogenated alkanes) is 2. The van der Waals surface area contributed by atoms with Crippen LogP contribution in [0, 0.1) is 0 Å². The summed E-state index contributed by atoms with van der Waals surface area (Å²) >= 11 is 0. The molecule has 9 rings (SSSR count). The third kappa shape index (κ3) is 4.88. The molecule has 5 heterocycles. The zero-order chi connectivity index (χ0) is 32.9. The van der Waals surface area contributed by atoms with Crippen LogP contribution in [-0.4, -0.2) is 31.6 Å². The van der Waals surface area contributed by atoms with Crippen molar-refractivity contribution in [2.24, 2.45) is 0 Å². The molecule has 5 heteroatoms. The molecule has 0 saturated heterocycles. The highest BCUT2D eigenvalue weighted by Gasteiger charge is 2.24. The molecule has 5 nitrogen and oxygen atoms in total. The monoisotopic (exact) mass is 638 g/mol. The number of H-pyrrole nitrogens is 2. The molecule has 7 aromatic rings. The summed E-state index contributed by atoms with van der Waals surface area (Å²) in [5.74, 6) is 0. The van der Waals surface area contributed by atoms with Crippen molar-refractivity contribution in [3.63, 3.8) is 0 Å². The number of nitrogens with zero attached hydrogens (tertiary/aromatic N) is 2. The molecular weight excluding hydrogens is 601 g/mol. The number of aliphatic hydroxyl groups excluding tert-OH is 1. The molecule has 0 aliphatic carbocycles. The van der Waals surface area contributed by atoms with Crippen molar-refractivity contribution in [3.8, 4) is 45.0 Å². The summed E-state index contributed by atoms with van der Waals surface area (Å²) in [5, 5.41) is 14.5. The van der Waals surface area contributed by atoms with Gasteiger partial charge in [-0.25, -0.2) is 9.97 Å². The van der Waals surface area contributed by atoms with Gasteiger partial charge in [-0.1, -0.05) is 110 Å². The Bertz CT molecular complexity index is 2570. The highest BCUT2D eigenvalue weighted by atomic mass is 16.2. The summed E-state index contributed by atoms with van der Waals surface area (Å²) in [7, 11) is 0. The van der Waals surface area contributed by atoms with Gasteiger partial charge < -0.3 is 15.1 Å². The van der Waals surface area contributed by atoms with Gasteiger partial charge in [0.25, 0.3) is 0 Å². The third-order valence-corrected chi connectivity index (χ3v) is 10.2. The summed E-state index contributed by atoms with van der Waals surface area (Å²) in [4.78, 5) is 18.7. The Morgan fingerprint density at radius 3 is 1.41 bits per heavy atom. The first-order valence-corrected chi connectivity index (χ1v) is 17.6. The fourth-order valence-electron chi connectivity index (χ4n) is 7.87. The third-order valence-electron chi connectivity index (χ3n) is 10.2. The van der Waals surface area contributed by atoms with Gasteiger partial charge in [0, 0.05) is 72.6 Å². The maximum Gasteiger partial charge on any atom is 0.0769 e. The SMILES string of the molecule is CCCCc1c2nc(cc3[nH]c(c(CCCCO)c4nc(cc5[nH]c1c1ccccc51)-c1ccccc1-4)c1ccccc31)-c1ccccc1-2. The van der Waals surface area contributed by atoms with Gasteiger partial charge in [-0.05, 0) is 44.2 Å². The van der Waals surface area contributed by atoms with Crippen LogP contribution in [0.15, 0.2) is 109 Å². The lowest BCUT2D eigenvalue weighted by molar-refractivity contribution is 0.284. The highest BCUT2D eigenvalue weighted by molar-refractivity contribution is 6.11. The minimum Gasteiger partial charge on any atom is -0.396 e. The number of fused-ring (bicyclic) bond motifs is 20.